The van der Waals surface area contributed by atoms with Gasteiger partial charge in [-0.2, -0.15) is 0 Å². The second-order valence-electron chi connectivity index (χ2n) is 8.92. The fourth-order valence-electron chi connectivity index (χ4n) is 3.51. The van der Waals surface area contributed by atoms with E-state index in [4.69, 9.17) is 0 Å². The molecule has 0 aliphatic carbocycles. The Morgan fingerprint density at radius 3 is 2.00 bits per heavy atom. The van der Waals surface area contributed by atoms with E-state index in [1.807, 2.05) is 65.0 Å². The molecule has 0 bridgehead atoms. The van der Waals surface area contributed by atoms with Crippen LogP contribution in [0.4, 0.5) is 5.69 Å². The third-order valence-corrected chi connectivity index (χ3v) is 5.34. The molecule has 0 aliphatic rings. The van der Waals surface area contributed by atoms with E-state index < -0.39 is 0 Å². The predicted octanol–water partition coefficient (Wildman–Crippen LogP) is 7.61. The highest BCUT2D eigenvalue weighted by Crippen LogP contribution is 2.26. The minimum Gasteiger partial charge on any atom is -0.312 e. The van der Waals surface area contributed by atoms with Crippen molar-refractivity contribution in [1.82, 2.24) is 9.80 Å². The average Bonchev–Trinajstić information content (AvgIpc) is 2.84. The maximum Gasteiger partial charge on any atom is 0.215 e. The molecule has 1 unspecified atom stereocenters. The van der Waals surface area contributed by atoms with Gasteiger partial charge in [-0.25, -0.2) is 4.99 Å². The Kier molecular flexibility index (Phi) is 14.0. The van der Waals surface area contributed by atoms with Crippen LogP contribution >= 0.6 is 0 Å². The third-order valence-electron chi connectivity index (χ3n) is 5.34. The topological polar surface area (TPSA) is 35.9 Å². The van der Waals surface area contributed by atoms with Crippen LogP contribution in [0.25, 0.3) is 10.8 Å². The van der Waals surface area contributed by atoms with Crippen molar-refractivity contribution >= 4 is 28.7 Å². The van der Waals surface area contributed by atoms with E-state index >= 15 is 0 Å². The molecule has 0 saturated heterocycles. The number of hydrogen-bond acceptors (Lipinski definition) is 3. The van der Waals surface area contributed by atoms with Gasteiger partial charge in [0.25, 0.3) is 0 Å². The van der Waals surface area contributed by atoms with Crippen molar-refractivity contribution in [3.05, 3.63) is 90.5 Å². The van der Waals surface area contributed by atoms with E-state index in [0.29, 0.717) is 12.5 Å². The number of fused-ring (bicyclic) bond motifs is 1. The number of aliphatic imine (C=N–C) groups is 1. The molecule has 1 atom stereocenters. The zero-order valence-electron chi connectivity index (χ0n) is 22.7. The zero-order chi connectivity index (χ0) is 26.2. The van der Waals surface area contributed by atoms with Crippen LogP contribution in [0.3, 0.4) is 0 Å². The number of carbonyl (C=O) groups excluding carboxylic acids is 1. The molecular formula is C31H43N3O. The fourth-order valence-corrected chi connectivity index (χ4v) is 3.51. The first-order chi connectivity index (χ1) is 16.8. The number of allylic oxidation sites excluding steroid dienone is 1. The van der Waals surface area contributed by atoms with Gasteiger partial charge in [0.2, 0.25) is 6.41 Å². The molecule has 4 nitrogen and oxygen atoms in total. The molecular weight excluding hydrogens is 430 g/mol. The zero-order valence-corrected chi connectivity index (χ0v) is 22.7. The molecule has 35 heavy (non-hydrogen) atoms. The van der Waals surface area contributed by atoms with Crippen molar-refractivity contribution in [2.45, 2.75) is 46.5 Å². The number of amidine groups is 1. The quantitative estimate of drug-likeness (QED) is 0.153. The van der Waals surface area contributed by atoms with Gasteiger partial charge in [-0.05, 0) is 82.4 Å². The van der Waals surface area contributed by atoms with E-state index in [2.05, 4.69) is 73.1 Å². The van der Waals surface area contributed by atoms with Crippen LogP contribution < -0.4 is 0 Å². The van der Waals surface area contributed by atoms with Crippen LogP contribution in [-0.2, 0) is 4.79 Å². The highest BCUT2D eigenvalue weighted by atomic mass is 16.1. The van der Waals surface area contributed by atoms with Gasteiger partial charge in [0.1, 0.15) is 5.84 Å². The molecule has 4 heteroatoms. The maximum atomic E-state index is 10.9. The highest BCUT2D eigenvalue weighted by Gasteiger charge is 2.05. The number of benzene rings is 3. The Morgan fingerprint density at radius 1 is 0.971 bits per heavy atom. The molecule has 3 rings (SSSR count). The van der Waals surface area contributed by atoms with Crippen LogP contribution in [-0.4, -0.2) is 49.7 Å². The SMILES string of the molecule is C=CC(CCC)c1ccccc1.CCN(C=O)C(C)=Nc1cc2ccccc2cc1C.CN(C)C. The van der Waals surface area contributed by atoms with E-state index in [0.717, 1.165) is 28.9 Å². The molecule has 0 saturated carbocycles. The van der Waals surface area contributed by atoms with Gasteiger partial charge >= 0.3 is 0 Å². The first-order valence-electron chi connectivity index (χ1n) is 12.3. The van der Waals surface area contributed by atoms with Crippen molar-refractivity contribution in [3.63, 3.8) is 0 Å². The first-order valence-corrected chi connectivity index (χ1v) is 12.3. The fraction of sp³-hybridized carbons (Fsp3) is 0.355. The Bertz CT molecular complexity index is 1050. The smallest absolute Gasteiger partial charge is 0.215 e. The van der Waals surface area contributed by atoms with Crippen LogP contribution in [0.15, 0.2) is 84.4 Å². The number of amides is 1. The monoisotopic (exact) mass is 473 g/mol. The molecule has 0 N–H and O–H groups in total. The number of rotatable bonds is 7. The van der Waals surface area contributed by atoms with Gasteiger partial charge in [-0.1, -0.05) is 74.0 Å². The summed E-state index contributed by atoms with van der Waals surface area (Å²) in [4.78, 5) is 19.1. The van der Waals surface area contributed by atoms with Crippen LogP contribution in [0.1, 0.15) is 50.7 Å². The van der Waals surface area contributed by atoms with E-state index in [9.17, 15) is 4.79 Å². The summed E-state index contributed by atoms with van der Waals surface area (Å²) in [6, 6.07) is 22.9. The normalized spacial score (nSPS) is 11.6. The Morgan fingerprint density at radius 2 is 1.51 bits per heavy atom. The van der Waals surface area contributed by atoms with Crippen LogP contribution in [0.5, 0.6) is 0 Å². The van der Waals surface area contributed by atoms with Gasteiger partial charge in [-0.15, -0.1) is 6.58 Å². The van der Waals surface area contributed by atoms with Crippen molar-refractivity contribution in [1.29, 1.82) is 0 Å². The van der Waals surface area contributed by atoms with Crippen molar-refractivity contribution < 1.29 is 4.79 Å². The number of nitrogens with zero attached hydrogens (tertiary/aromatic N) is 3. The summed E-state index contributed by atoms with van der Waals surface area (Å²) in [7, 11) is 6.00. The molecule has 3 aromatic rings. The largest absolute Gasteiger partial charge is 0.312 e. The van der Waals surface area contributed by atoms with E-state index in [-0.39, 0.29) is 0 Å². The Balaban J connectivity index is 0.000000327. The van der Waals surface area contributed by atoms with Gasteiger partial charge in [-0.3, -0.25) is 4.79 Å². The molecule has 0 fully saturated rings. The molecule has 0 spiro atoms. The molecule has 0 aliphatic heterocycles. The highest BCUT2D eigenvalue weighted by molar-refractivity contribution is 5.93. The number of carbonyl (C=O) groups is 1. The van der Waals surface area contributed by atoms with Crippen molar-refractivity contribution in [3.8, 4) is 0 Å². The van der Waals surface area contributed by atoms with E-state index in [1.54, 1.807) is 4.90 Å². The number of aryl methyl sites for hydroxylation is 1. The lowest BCUT2D eigenvalue weighted by Crippen LogP contribution is -2.26. The maximum absolute atomic E-state index is 10.9. The Labute approximate surface area is 213 Å². The van der Waals surface area contributed by atoms with Crippen LogP contribution in [0.2, 0.25) is 0 Å². The first kappa shape index (κ1) is 29.8. The van der Waals surface area contributed by atoms with Gasteiger partial charge < -0.3 is 9.80 Å². The van der Waals surface area contributed by atoms with Gasteiger partial charge in [0.15, 0.2) is 0 Å². The average molecular weight is 474 g/mol. The summed E-state index contributed by atoms with van der Waals surface area (Å²) >= 11 is 0. The summed E-state index contributed by atoms with van der Waals surface area (Å²) in [5.74, 6) is 1.26. The van der Waals surface area contributed by atoms with E-state index in [1.165, 1.54) is 23.8 Å². The molecule has 0 aromatic heterocycles. The second kappa shape index (κ2) is 16.4. The van der Waals surface area contributed by atoms with Gasteiger partial charge in [0.05, 0.1) is 5.69 Å². The standard InChI is InChI=1S/C16H18N2O.C12H16.C3H9N/c1-4-18(11-19)13(3)17-16-10-15-8-6-5-7-14(15)9-12(16)2;1-3-8-11(4-2)12-9-6-5-7-10-12;1-4(2)3/h5-11H,4H2,1-3H3;4-7,9-11H,2-3,8H2,1H3;1-3H3. The minimum atomic E-state index is 0.538. The lowest BCUT2D eigenvalue weighted by Gasteiger charge is -2.14. The lowest BCUT2D eigenvalue weighted by molar-refractivity contribution is -0.114. The minimum absolute atomic E-state index is 0.538. The third kappa shape index (κ3) is 10.7. The molecule has 188 valence electrons. The molecule has 0 heterocycles. The molecule has 0 radical (unpaired) electrons. The summed E-state index contributed by atoms with van der Waals surface area (Å²) in [5.41, 5.74) is 3.41. The summed E-state index contributed by atoms with van der Waals surface area (Å²) in [6.07, 6.45) is 5.27. The second-order valence-corrected chi connectivity index (χ2v) is 8.92. The van der Waals surface area contributed by atoms with Crippen LogP contribution in [0, 0.1) is 6.92 Å². The summed E-state index contributed by atoms with van der Waals surface area (Å²) in [6.45, 7) is 12.5. The lowest BCUT2D eigenvalue weighted by atomic mass is 9.95. The number of hydrogen-bond donors (Lipinski definition) is 0. The predicted molar refractivity (Wildman–Crippen MR) is 154 cm³/mol. The molecule has 1 amide bonds. The summed E-state index contributed by atoms with van der Waals surface area (Å²) < 4.78 is 0. The molecule has 3 aromatic carbocycles. The summed E-state index contributed by atoms with van der Waals surface area (Å²) in [5, 5.41) is 2.37. The van der Waals surface area contributed by atoms with Crippen molar-refractivity contribution in [2.24, 2.45) is 4.99 Å². The Hall–Kier alpha value is -3.24. The van der Waals surface area contributed by atoms with Gasteiger partial charge in [0, 0.05) is 12.5 Å². The van der Waals surface area contributed by atoms with Crippen molar-refractivity contribution in [2.75, 3.05) is 27.7 Å².